The zero-order valence-electron chi connectivity index (χ0n) is 15.2. The number of carbonyl (C=O) groups excluding carboxylic acids is 1. The first-order valence-corrected chi connectivity index (χ1v) is 9.42. The Morgan fingerprint density at radius 1 is 1.26 bits per heavy atom. The standard InChI is InChI=1S/C16H14ClN3OS.C3H6O2/c1-10-3-4-13(17)14(7-10)21-12-5-6-18-15(8-12)20-16-19-11(2)9-22-16;1-2-5-3-4/h3-9H,1-2H3,(H,18,19,20);3H,2H2,1H3. The van der Waals surface area contributed by atoms with E-state index in [2.05, 4.69) is 20.0 Å². The third-order valence-electron chi connectivity index (χ3n) is 3.13. The van der Waals surface area contributed by atoms with E-state index in [0.29, 0.717) is 35.4 Å². The van der Waals surface area contributed by atoms with Gasteiger partial charge in [0.05, 0.1) is 17.3 Å². The highest BCUT2D eigenvalue weighted by molar-refractivity contribution is 7.13. The van der Waals surface area contributed by atoms with Gasteiger partial charge in [-0.15, -0.1) is 11.3 Å². The number of benzene rings is 1. The zero-order chi connectivity index (χ0) is 19.6. The first kappa shape index (κ1) is 20.7. The SMILES string of the molecule is CCOC=O.Cc1ccc(Cl)c(Oc2ccnc(Nc3nc(C)cs3)c2)c1. The summed E-state index contributed by atoms with van der Waals surface area (Å²) in [6.07, 6.45) is 1.68. The van der Waals surface area contributed by atoms with E-state index in [0.717, 1.165) is 16.4 Å². The number of hydrogen-bond acceptors (Lipinski definition) is 7. The molecule has 0 radical (unpaired) electrons. The van der Waals surface area contributed by atoms with Gasteiger partial charge in [0, 0.05) is 17.6 Å². The molecule has 0 saturated carbocycles. The van der Waals surface area contributed by atoms with Crippen LogP contribution < -0.4 is 10.1 Å². The largest absolute Gasteiger partial charge is 0.468 e. The number of aryl methyl sites for hydroxylation is 2. The lowest BCUT2D eigenvalue weighted by Crippen LogP contribution is -1.94. The molecule has 1 N–H and O–H groups in total. The van der Waals surface area contributed by atoms with Crippen molar-refractivity contribution in [1.29, 1.82) is 0 Å². The molecule has 0 amide bonds. The Balaban J connectivity index is 0.000000465. The van der Waals surface area contributed by atoms with Crippen LogP contribution in [0.3, 0.4) is 0 Å². The number of rotatable bonds is 6. The number of anilines is 2. The Bertz CT molecular complexity index is 886. The fourth-order valence-corrected chi connectivity index (χ4v) is 2.80. The van der Waals surface area contributed by atoms with Gasteiger partial charge in [-0.05, 0) is 44.5 Å². The first-order chi connectivity index (χ1) is 13.0. The molecule has 0 aliphatic rings. The summed E-state index contributed by atoms with van der Waals surface area (Å²) in [5.74, 6) is 1.97. The van der Waals surface area contributed by atoms with Gasteiger partial charge in [0.15, 0.2) is 5.13 Å². The van der Waals surface area contributed by atoms with Crippen LogP contribution in [-0.2, 0) is 9.53 Å². The summed E-state index contributed by atoms with van der Waals surface area (Å²) in [5.41, 5.74) is 2.07. The molecule has 1 aromatic carbocycles. The molecule has 3 aromatic rings. The summed E-state index contributed by atoms with van der Waals surface area (Å²) in [6, 6.07) is 9.27. The number of thiazole rings is 1. The maximum atomic E-state index is 9.18. The molecule has 27 heavy (non-hydrogen) atoms. The molecule has 2 aromatic heterocycles. The van der Waals surface area contributed by atoms with Crippen LogP contribution in [0.25, 0.3) is 0 Å². The summed E-state index contributed by atoms with van der Waals surface area (Å²) in [7, 11) is 0. The predicted molar refractivity (Wildman–Crippen MR) is 108 cm³/mol. The minimum atomic E-state index is 0.431. The van der Waals surface area contributed by atoms with Crippen molar-refractivity contribution in [3.05, 3.63) is 58.2 Å². The van der Waals surface area contributed by atoms with Crippen molar-refractivity contribution >= 4 is 40.4 Å². The molecule has 0 saturated heterocycles. The van der Waals surface area contributed by atoms with E-state index >= 15 is 0 Å². The summed E-state index contributed by atoms with van der Waals surface area (Å²) in [6.45, 7) is 6.61. The van der Waals surface area contributed by atoms with Crippen molar-refractivity contribution in [2.24, 2.45) is 0 Å². The Morgan fingerprint density at radius 2 is 2.07 bits per heavy atom. The summed E-state index contributed by atoms with van der Waals surface area (Å²) >= 11 is 7.69. The van der Waals surface area contributed by atoms with E-state index in [1.807, 2.05) is 43.5 Å². The first-order valence-electron chi connectivity index (χ1n) is 8.16. The monoisotopic (exact) mass is 405 g/mol. The quantitative estimate of drug-likeness (QED) is 0.544. The molecule has 2 heterocycles. The lowest BCUT2D eigenvalue weighted by molar-refractivity contribution is -0.128. The molecular formula is C19H20ClN3O3S. The van der Waals surface area contributed by atoms with Crippen molar-refractivity contribution in [2.75, 3.05) is 11.9 Å². The second-order valence-corrected chi connectivity index (χ2v) is 6.65. The predicted octanol–water partition coefficient (Wildman–Crippen LogP) is 5.52. The van der Waals surface area contributed by atoms with Crippen LogP contribution in [0.1, 0.15) is 18.2 Å². The molecule has 0 spiro atoms. The van der Waals surface area contributed by atoms with E-state index < -0.39 is 0 Å². The molecule has 0 unspecified atom stereocenters. The third-order valence-corrected chi connectivity index (χ3v) is 4.32. The van der Waals surface area contributed by atoms with Crippen molar-refractivity contribution in [3.8, 4) is 11.5 Å². The fourth-order valence-electron chi connectivity index (χ4n) is 1.95. The molecule has 8 heteroatoms. The number of nitrogens with one attached hydrogen (secondary N) is 1. The summed E-state index contributed by atoms with van der Waals surface area (Å²) < 4.78 is 10.00. The number of ether oxygens (including phenoxy) is 2. The van der Waals surface area contributed by atoms with E-state index in [4.69, 9.17) is 16.3 Å². The molecule has 0 aliphatic carbocycles. The highest BCUT2D eigenvalue weighted by Gasteiger charge is 2.06. The molecule has 6 nitrogen and oxygen atoms in total. The lowest BCUT2D eigenvalue weighted by atomic mass is 10.2. The van der Waals surface area contributed by atoms with Crippen molar-refractivity contribution in [2.45, 2.75) is 20.8 Å². The Hall–Kier alpha value is -2.64. The van der Waals surface area contributed by atoms with Crippen LogP contribution >= 0.6 is 22.9 Å². The average Bonchev–Trinajstić information content (AvgIpc) is 3.04. The van der Waals surface area contributed by atoms with E-state index in [9.17, 15) is 4.79 Å². The van der Waals surface area contributed by atoms with Gasteiger partial charge in [0.1, 0.15) is 17.3 Å². The summed E-state index contributed by atoms with van der Waals surface area (Å²) in [4.78, 5) is 17.8. The lowest BCUT2D eigenvalue weighted by Gasteiger charge is -2.09. The van der Waals surface area contributed by atoms with Crippen molar-refractivity contribution in [1.82, 2.24) is 9.97 Å². The maximum Gasteiger partial charge on any atom is 0.293 e. The number of halogens is 1. The molecule has 142 valence electrons. The van der Waals surface area contributed by atoms with E-state index in [-0.39, 0.29) is 0 Å². The molecular weight excluding hydrogens is 386 g/mol. The van der Waals surface area contributed by atoms with E-state index in [1.54, 1.807) is 19.2 Å². The Morgan fingerprint density at radius 3 is 2.70 bits per heavy atom. The number of carbonyl (C=O) groups is 1. The van der Waals surface area contributed by atoms with Gasteiger partial charge in [-0.1, -0.05) is 17.7 Å². The van der Waals surface area contributed by atoms with Gasteiger partial charge >= 0.3 is 0 Å². The number of nitrogens with zero attached hydrogens (tertiary/aromatic N) is 2. The minimum absolute atomic E-state index is 0.431. The Labute approximate surface area is 167 Å². The second-order valence-electron chi connectivity index (χ2n) is 5.38. The molecule has 0 atom stereocenters. The summed E-state index contributed by atoms with van der Waals surface area (Å²) in [5, 5.41) is 6.52. The third kappa shape index (κ3) is 6.88. The van der Waals surface area contributed by atoms with Gasteiger partial charge in [0.25, 0.3) is 6.47 Å². The topological polar surface area (TPSA) is 73.3 Å². The van der Waals surface area contributed by atoms with Crippen LogP contribution in [-0.4, -0.2) is 23.0 Å². The highest BCUT2D eigenvalue weighted by Crippen LogP contribution is 2.31. The average molecular weight is 406 g/mol. The fraction of sp³-hybridized carbons (Fsp3) is 0.211. The van der Waals surface area contributed by atoms with Gasteiger partial charge in [0.2, 0.25) is 0 Å². The van der Waals surface area contributed by atoms with Gasteiger partial charge in [-0.3, -0.25) is 4.79 Å². The van der Waals surface area contributed by atoms with Crippen LogP contribution in [0.15, 0.2) is 41.9 Å². The molecule has 0 aliphatic heterocycles. The highest BCUT2D eigenvalue weighted by atomic mass is 35.5. The van der Waals surface area contributed by atoms with Crippen LogP contribution in [0.4, 0.5) is 10.9 Å². The normalized spacial score (nSPS) is 9.78. The zero-order valence-corrected chi connectivity index (χ0v) is 16.8. The van der Waals surface area contributed by atoms with Crippen LogP contribution in [0, 0.1) is 13.8 Å². The van der Waals surface area contributed by atoms with Crippen molar-refractivity contribution < 1.29 is 14.3 Å². The second kappa shape index (κ2) is 10.5. The van der Waals surface area contributed by atoms with Crippen LogP contribution in [0.2, 0.25) is 5.02 Å². The van der Waals surface area contributed by atoms with Crippen LogP contribution in [0.5, 0.6) is 11.5 Å². The van der Waals surface area contributed by atoms with E-state index in [1.165, 1.54) is 11.3 Å². The Kier molecular flexibility index (Phi) is 8.03. The molecule has 0 bridgehead atoms. The molecule has 0 fully saturated rings. The maximum absolute atomic E-state index is 9.18. The van der Waals surface area contributed by atoms with Gasteiger partial charge < -0.3 is 14.8 Å². The number of aromatic nitrogens is 2. The van der Waals surface area contributed by atoms with Crippen molar-refractivity contribution in [3.63, 3.8) is 0 Å². The number of pyridine rings is 1. The minimum Gasteiger partial charge on any atom is -0.468 e. The smallest absolute Gasteiger partial charge is 0.293 e. The number of hydrogen-bond donors (Lipinski definition) is 1. The van der Waals surface area contributed by atoms with Gasteiger partial charge in [-0.25, -0.2) is 9.97 Å². The molecule has 3 rings (SSSR count). The van der Waals surface area contributed by atoms with Gasteiger partial charge in [-0.2, -0.15) is 0 Å².